The molecule has 0 bridgehead atoms. The molecule has 4 aromatic rings. The number of benzene rings is 2. The first kappa shape index (κ1) is 21.1. The van der Waals surface area contributed by atoms with E-state index in [2.05, 4.69) is 32.4 Å². The number of halogens is 2. The maximum atomic E-state index is 13.3. The molecular formula is C23H18ClFN4OS. The number of rotatable bonds is 6. The van der Waals surface area contributed by atoms with Crippen LogP contribution in [0.25, 0.3) is 10.2 Å². The summed E-state index contributed by atoms with van der Waals surface area (Å²) in [5.74, 6) is 7.07. The first-order valence-corrected chi connectivity index (χ1v) is 10.6. The van der Waals surface area contributed by atoms with Crippen molar-refractivity contribution in [2.75, 3.05) is 18.9 Å². The van der Waals surface area contributed by atoms with Crippen molar-refractivity contribution in [2.45, 2.75) is 6.61 Å². The van der Waals surface area contributed by atoms with Crippen LogP contribution in [0.15, 0.2) is 54.9 Å². The molecule has 2 aromatic carbocycles. The lowest BCUT2D eigenvalue weighted by atomic mass is 10.2. The molecule has 0 radical (unpaired) electrons. The predicted molar refractivity (Wildman–Crippen MR) is 124 cm³/mol. The Morgan fingerprint density at radius 1 is 1.16 bits per heavy atom. The molecule has 2 heterocycles. The van der Waals surface area contributed by atoms with Gasteiger partial charge >= 0.3 is 0 Å². The lowest BCUT2D eigenvalue weighted by Gasteiger charge is -2.11. The summed E-state index contributed by atoms with van der Waals surface area (Å²) in [7, 11) is 1.86. The van der Waals surface area contributed by atoms with Gasteiger partial charge in [-0.15, -0.1) is 11.3 Å². The van der Waals surface area contributed by atoms with Crippen molar-refractivity contribution < 1.29 is 9.13 Å². The minimum Gasteiger partial charge on any atom is -0.487 e. The highest BCUT2D eigenvalue weighted by Gasteiger charge is 2.10. The monoisotopic (exact) mass is 452 g/mol. The standard InChI is InChI=1S/C23H18ClFN4OS/c1-26-9-3-6-18-12-20-22(31-18)23(28-14-27-20)29-17-7-8-21(19(24)11-17)30-13-15-4-2-5-16(25)10-15/h2,4-5,7-8,10-12,14,26H,9,13H2,1H3,(H,27,28,29). The second-order valence-corrected chi connectivity index (χ2v) is 8.03. The average Bonchev–Trinajstić information content (AvgIpc) is 3.17. The lowest BCUT2D eigenvalue weighted by molar-refractivity contribution is 0.306. The minimum absolute atomic E-state index is 0.226. The van der Waals surface area contributed by atoms with Crippen molar-refractivity contribution in [3.63, 3.8) is 0 Å². The van der Waals surface area contributed by atoms with Crippen molar-refractivity contribution in [1.29, 1.82) is 0 Å². The summed E-state index contributed by atoms with van der Waals surface area (Å²) in [6.45, 7) is 0.848. The van der Waals surface area contributed by atoms with Gasteiger partial charge in [0.05, 0.1) is 26.7 Å². The first-order valence-electron chi connectivity index (χ1n) is 9.44. The molecule has 2 N–H and O–H groups in total. The number of anilines is 2. The van der Waals surface area contributed by atoms with E-state index in [9.17, 15) is 4.39 Å². The van der Waals surface area contributed by atoms with Crippen LogP contribution in [0.3, 0.4) is 0 Å². The molecule has 2 aromatic heterocycles. The molecule has 31 heavy (non-hydrogen) atoms. The number of fused-ring (bicyclic) bond motifs is 1. The number of ether oxygens (including phenoxy) is 1. The lowest BCUT2D eigenvalue weighted by Crippen LogP contribution is -2.04. The van der Waals surface area contributed by atoms with Crippen molar-refractivity contribution >= 4 is 44.7 Å². The van der Waals surface area contributed by atoms with Crippen LogP contribution in [0, 0.1) is 17.7 Å². The van der Waals surface area contributed by atoms with Crippen LogP contribution < -0.4 is 15.4 Å². The van der Waals surface area contributed by atoms with E-state index >= 15 is 0 Å². The molecule has 5 nitrogen and oxygen atoms in total. The van der Waals surface area contributed by atoms with E-state index < -0.39 is 0 Å². The number of nitrogens with zero attached hydrogens (tertiary/aromatic N) is 2. The van der Waals surface area contributed by atoms with E-state index in [0.29, 0.717) is 23.1 Å². The maximum absolute atomic E-state index is 13.3. The fraction of sp³-hybridized carbons (Fsp3) is 0.130. The Morgan fingerprint density at radius 2 is 2.06 bits per heavy atom. The largest absolute Gasteiger partial charge is 0.487 e. The van der Waals surface area contributed by atoms with E-state index in [1.165, 1.54) is 29.8 Å². The summed E-state index contributed by atoms with van der Waals surface area (Å²) in [5.41, 5.74) is 2.32. The Bertz CT molecular complexity index is 1280. The molecule has 0 fully saturated rings. The van der Waals surface area contributed by atoms with Gasteiger partial charge in [-0.3, -0.25) is 0 Å². The highest BCUT2D eigenvalue weighted by molar-refractivity contribution is 7.20. The van der Waals surface area contributed by atoms with Crippen molar-refractivity contribution in [2.24, 2.45) is 0 Å². The van der Waals surface area contributed by atoms with Crippen molar-refractivity contribution in [1.82, 2.24) is 15.3 Å². The summed E-state index contributed by atoms with van der Waals surface area (Å²) in [4.78, 5) is 9.62. The van der Waals surface area contributed by atoms with Crippen LogP contribution in [0.2, 0.25) is 5.02 Å². The fourth-order valence-corrected chi connectivity index (χ4v) is 4.01. The van der Waals surface area contributed by atoms with Gasteiger partial charge in [0.15, 0.2) is 5.82 Å². The quantitative estimate of drug-likeness (QED) is 0.385. The van der Waals surface area contributed by atoms with Gasteiger partial charge in [-0.1, -0.05) is 35.6 Å². The third-order valence-corrected chi connectivity index (χ3v) is 5.61. The van der Waals surface area contributed by atoms with E-state index in [-0.39, 0.29) is 12.4 Å². The molecule has 156 valence electrons. The highest BCUT2D eigenvalue weighted by atomic mass is 35.5. The smallest absolute Gasteiger partial charge is 0.151 e. The predicted octanol–water partition coefficient (Wildman–Crippen LogP) is 5.38. The van der Waals surface area contributed by atoms with Crippen LogP contribution in [-0.2, 0) is 6.61 Å². The SMILES string of the molecule is CNCC#Cc1cc2ncnc(Nc3ccc(OCc4cccc(F)c4)c(Cl)c3)c2s1. The van der Waals surface area contributed by atoms with E-state index in [1.807, 2.05) is 19.2 Å². The second kappa shape index (κ2) is 9.75. The zero-order chi connectivity index (χ0) is 21.6. The number of aromatic nitrogens is 2. The van der Waals surface area contributed by atoms with Crippen LogP contribution >= 0.6 is 22.9 Å². The van der Waals surface area contributed by atoms with Gasteiger partial charge < -0.3 is 15.4 Å². The van der Waals surface area contributed by atoms with Gasteiger partial charge in [0.2, 0.25) is 0 Å². The van der Waals surface area contributed by atoms with Crippen LogP contribution in [0.5, 0.6) is 5.75 Å². The molecule has 0 aliphatic heterocycles. The fourth-order valence-electron chi connectivity index (χ4n) is 2.84. The number of hydrogen-bond donors (Lipinski definition) is 2. The molecule has 0 saturated heterocycles. The van der Waals surface area contributed by atoms with E-state index in [1.54, 1.807) is 24.3 Å². The van der Waals surface area contributed by atoms with Gasteiger partial charge in [0, 0.05) is 5.69 Å². The Labute approximate surface area is 188 Å². The van der Waals surface area contributed by atoms with Gasteiger partial charge in [-0.05, 0) is 49.0 Å². The normalized spacial score (nSPS) is 10.5. The summed E-state index contributed by atoms with van der Waals surface area (Å²) in [6, 6.07) is 13.6. The van der Waals surface area contributed by atoms with Crippen LogP contribution in [0.1, 0.15) is 10.4 Å². The van der Waals surface area contributed by atoms with Crippen molar-refractivity contribution in [3.8, 4) is 17.6 Å². The Kier molecular flexibility index (Phi) is 6.63. The van der Waals surface area contributed by atoms with Crippen LogP contribution in [0.4, 0.5) is 15.9 Å². The maximum Gasteiger partial charge on any atom is 0.151 e. The molecule has 4 rings (SSSR count). The third kappa shape index (κ3) is 5.30. The zero-order valence-electron chi connectivity index (χ0n) is 16.6. The number of thiophene rings is 1. The molecule has 8 heteroatoms. The molecule has 0 aliphatic carbocycles. The zero-order valence-corrected chi connectivity index (χ0v) is 18.1. The van der Waals surface area contributed by atoms with Gasteiger partial charge in [0.1, 0.15) is 24.5 Å². The molecule has 0 saturated carbocycles. The topological polar surface area (TPSA) is 59.1 Å². The number of nitrogens with one attached hydrogen (secondary N) is 2. The summed E-state index contributed by atoms with van der Waals surface area (Å²) >= 11 is 7.92. The molecule has 0 amide bonds. The Hall–Kier alpha value is -3.18. The average molecular weight is 453 g/mol. The Morgan fingerprint density at radius 3 is 2.87 bits per heavy atom. The molecule has 0 unspecified atom stereocenters. The van der Waals surface area contributed by atoms with Gasteiger partial charge in [-0.25, -0.2) is 14.4 Å². The van der Waals surface area contributed by atoms with Gasteiger partial charge in [-0.2, -0.15) is 0 Å². The molecule has 0 aliphatic rings. The number of hydrogen-bond acceptors (Lipinski definition) is 6. The van der Waals surface area contributed by atoms with E-state index in [0.717, 1.165) is 26.3 Å². The highest BCUT2D eigenvalue weighted by Crippen LogP contribution is 2.33. The van der Waals surface area contributed by atoms with Crippen LogP contribution in [-0.4, -0.2) is 23.6 Å². The van der Waals surface area contributed by atoms with Crippen molar-refractivity contribution in [3.05, 3.63) is 76.1 Å². The molecule has 0 spiro atoms. The third-order valence-electron chi connectivity index (χ3n) is 4.27. The molecular weight excluding hydrogens is 435 g/mol. The summed E-state index contributed by atoms with van der Waals surface area (Å²) in [6.07, 6.45) is 1.51. The molecule has 0 atom stereocenters. The first-order chi connectivity index (χ1) is 15.1. The van der Waals surface area contributed by atoms with E-state index in [4.69, 9.17) is 16.3 Å². The summed E-state index contributed by atoms with van der Waals surface area (Å²) in [5, 5.41) is 6.72. The second-order valence-electron chi connectivity index (χ2n) is 6.57. The van der Waals surface area contributed by atoms with Gasteiger partial charge in [0.25, 0.3) is 0 Å². The Balaban J connectivity index is 1.50. The summed E-state index contributed by atoms with van der Waals surface area (Å²) < 4.78 is 20.0. The minimum atomic E-state index is -0.298.